The molecule has 12 aromatic carbocycles. The van der Waals surface area contributed by atoms with Gasteiger partial charge in [0.15, 0.2) is 0 Å². The Bertz CT molecular complexity index is 4630. The second-order valence-electron chi connectivity index (χ2n) is 18.1. The van der Waals surface area contributed by atoms with Crippen LogP contribution in [0.4, 0.5) is 0 Å². The van der Waals surface area contributed by atoms with Gasteiger partial charge in [-0.05, 0) is 121 Å². The molecule has 0 spiro atoms. The van der Waals surface area contributed by atoms with Gasteiger partial charge in [0.2, 0.25) is 0 Å². The summed E-state index contributed by atoms with van der Waals surface area (Å²) in [6.07, 6.45) is 0. The quantitative estimate of drug-likeness (QED) is 0.165. The van der Waals surface area contributed by atoms with Crippen molar-refractivity contribution in [3.63, 3.8) is 0 Å². The molecule has 0 aliphatic carbocycles. The molecule has 0 unspecified atom stereocenters. The smallest absolute Gasteiger partial charge is 0.0980 e. The third-order valence-corrected chi connectivity index (χ3v) is 14.4. The SMILES string of the molecule is c1ccc2cc3c(cc2c1)c1ccc(-n2c4ccccc4c4c5ccccc5ccc42)cc1n3-c1cc(-c2nc3ccccc3nc2-c2cc3ccccc3c3ccccc23)c2ccccc2c1. The van der Waals surface area contributed by atoms with Gasteiger partial charge in [-0.2, -0.15) is 0 Å². The van der Waals surface area contributed by atoms with Crippen LogP contribution in [0.3, 0.4) is 0 Å². The summed E-state index contributed by atoms with van der Waals surface area (Å²) in [7, 11) is 0. The van der Waals surface area contributed by atoms with Gasteiger partial charge in [0.1, 0.15) is 0 Å². The summed E-state index contributed by atoms with van der Waals surface area (Å²) in [5, 5.41) is 16.8. The largest absolute Gasteiger partial charge is 0.309 e. The number of para-hydroxylation sites is 3. The summed E-state index contributed by atoms with van der Waals surface area (Å²) in [6.45, 7) is 0. The first-order valence-corrected chi connectivity index (χ1v) is 23.3. The fraction of sp³-hybridized carbons (Fsp3) is 0. The lowest BCUT2D eigenvalue weighted by atomic mass is 9.92. The van der Waals surface area contributed by atoms with Gasteiger partial charge in [-0.1, -0.05) is 164 Å². The Morgan fingerprint density at radius 1 is 0.250 bits per heavy atom. The van der Waals surface area contributed by atoms with E-state index in [2.05, 4.69) is 240 Å². The van der Waals surface area contributed by atoms with E-state index < -0.39 is 0 Å². The molecule has 0 atom stereocenters. The van der Waals surface area contributed by atoms with Crippen molar-refractivity contribution < 1.29 is 0 Å². The third-order valence-electron chi connectivity index (χ3n) is 14.4. The van der Waals surface area contributed by atoms with Gasteiger partial charge in [0, 0.05) is 44.0 Å². The van der Waals surface area contributed by atoms with Crippen LogP contribution in [-0.2, 0) is 0 Å². The number of rotatable bonds is 4. The molecule has 4 heteroatoms. The minimum absolute atomic E-state index is 0.853. The molecule has 0 N–H and O–H groups in total. The highest BCUT2D eigenvalue weighted by atomic mass is 15.0. The van der Waals surface area contributed by atoms with Crippen molar-refractivity contribution in [3.8, 4) is 33.9 Å². The Labute approximate surface area is 390 Å². The van der Waals surface area contributed by atoms with E-state index in [1.54, 1.807) is 0 Å². The average Bonchev–Trinajstić information content (AvgIpc) is 3.91. The first kappa shape index (κ1) is 37.1. The van der Waals surface area contributed by atoms with Crippen molar-refractivity contribution in [1.82, 2.24) is 19.1 Å². The van der Waals surface area contributed by atoms with E-state index in [1.807, 2.05) is 0 Å². The lowest BCUT2D eigenvalue weighted by Crippen LogP contribution is -2.00. The monoisotopic (exact) mass is 862 g/mol. The molecule has 3 heterocycles. The number of fused-ring (bicyclic) bond motifs is 14. The van der Waals surface area contributed by atoms with Crippen LogP contribution in [0.15, 0.2) is 231 Å². The first-order chi connectivity index (χ1) is 33.7. The molecule has 3 aromatic heterocycles. The minimum atomic E-state index is 0.853. The fourth-order valence-corrected chi connectivity index (χ4v) is 11.4. The van der Waals surface area contributed by atoms with E-state index in [0.29, 0.717) is 0 Å². The number of hydrogen-bond acceptors (Lipinski definition) is 2. The van der Waals surface area contributed by atoms with Gasteiger partial charge in [-0.25, -0.2) is 9.97 Å². The molecule has 0 amide bonds. The van der Waals surface area contributed by atoms with Crippen molar-refractivity contribution in [3.05, 3.63) is 231 Å². The summed E-state index contributed by atoms with van der Waals surface area (Å²) in [5.74, 6) is 0. The second kappa shape index (κ2) is 14.2. The van der Waals surface area contributed by atoms with Crippen LogP contribution in [-0.4, -0.2) is 19.1 Å². The highest BCUT2D eigenvalue weighted by Crippen LogP contribution is 2.44. The van der Waals surface area contributed by atoms with Crippen molar-refractivity contribution in [2.24, 2.45) is 0 Å². The zero-order valence-electron chi connectivity index (χ0n) is 36.7. The molecular formula is C64H38N4. The maximum absolute atomic E-state index is 5.60. The lowest BCUT2D eigenvalue weighted by molar-refractivity contribution is 1.16. The first-order valence-electron chi connectivity index (χ1n) is 23.3. The normalized spacial score (nSPS) is 12.1. The number of aromatic nitrogens is 4. The van der Waals surface area contributed by atoms with E-state index in [1.165, 1.54) is 70.3 Å². The Morgan fingerprint density at radius 3 is 1.56 bits per heavy atom. The molecule has 0 fully saturated rings. The van der Waals surface area contributed by atoms with Crippen molar-refractivity contribution in [1.29, 1.82) is 0 Å². The van der Waals surface area contributed by atoms with Gasteiger partial charge in [-0.15, -0.1) is 0 Å². The summed E-state index contributed by atoms with van der Waals surface area (Å²) in [5.41, 5.74) is 12.4. The highest BCUT2D eigenvalue weighted by molar-refractivity contribution is 6.22. The topological polar surface area (TPSA) is 35.6 Å². The second-order valence-corrected chi connectivity index (χ2v) is 18.1. The molecule has 0 radical (unpaired) electrons. The maximum atomic E-state index is 5.60. The Hall–Kier alpha value is -9.12. The van der Waals surface area contributed by atoms with Crippen LogP contribution in [0, 0.1) is 0 Å². The van der Waals surface area contributed by atoms with Crippen molar-refractivity contribution in [2.75, 3.05) is 0 Å². The van der Waals surface area contributed by atoms with Gasteiger partial charge in [0.05, 0.1) is 44.5 Å². The molecule has 68 heavy (non-hydrogen) atoms. The molecule has 0 aliphatic heterocycles. The van der Waals surface area contributed by atoms with Crippen LogP contribution in [0.25, 0.3) is 142 Å². The standard InChI is InChI=1S/C64H38N4/c1-2-17-41-36-60-53(34-40(41)16-1)51-31-30-44(67-58-28-14-11-25-52(58)62-48-22-8-3-15-39(48)29-32-59(62)67)38-61(51)68(60)45-33-42-18-4-7-21-47(42)55(37-45)64-63(65-56-26-12-13-27-57(56)66-64)54-35-43-19-5-6-20-46(43)49-23-9-10-24-50(49)54/h1-38H. The average molecular weight is 863 g/mol. The summed E-state index contributed by atoms with van der Waals surface area (Å²) in [4.78, 5) is 11.1. The van der Waals surface area contributed by atoms with Gasteiger partial charge >= 0.3 is 0 Å². The van der Waals surface area contributed by atoms with Crippen molar-refractivity contribution in [2.45, 2.75) is 0 Å². The Morgan fingerprint density at radius 2 is 0.794 bits per heavy atom. The van der Waals surface area contributed by atoms with E-state index in [9.17, 15) is 0 Å². The number of benzene rings is 12. The number of hydrogen-bond donors (Lipinski definition) is 0. The van der Waals surface area contributed by atoms with Crippen LogP contribution < -0.4 is 0 Å². The van der Waals surface area contributed by atoms with Crippen LogP contribution >= 0.6 is 0 Å². The third kappa shape index (κ3) is 5.37. The van der Waals surface area contributed by atoms with Gasteiger partial charge in [-0.3, -0.25) is 0 Å². The molecule has 15 aromatic rings. The summed E-state index contributed by atoms with van der Waals surface area (Å²) < 4.78 is 4.94. The number of nitrogens with zero attached hydrogens (tertiary/aromatic N) is 4. The molecule has 4 nitrogen and oxygen atoms in total. The van der Waals surface area contributed by atoms with E-state index in [-0.39, 0.29) is 0 Å². The van der Waals surface area contributed by atoms with E-state index in [4.69, 9.17) is 9.97 Å². The maximum Gasteiger partial charge on any atom is 0.0980 e. The van der Waals surface area contributed by atoms with Gasteiger partial charge < -0.3 is 9.13 Å². The fourth-order valence-electron chi connectivity index (χ4n) is 11.4. The summed E-state index contributed by atoms with van der Waals surface area (Å²) in [6, 6.07) is 84.0. The zero-order chi connectivity index (χ0) is 44.5. The predicted octanol–water partition coefficient (Wildman–Crippen LogP) is 16.9. The van der Waals surface area contributed by atoms with Crippen LogP contribution in [0.5, 0.6) is 0 Å². The van der Waals surface area contributed by atoms with Crippen LogP contribution in [0.1, 0.15) is 0 Å². The molecule has 0 aliphatic rings. The molecule has 15 rings (SSSR count). The lowest BCUT2D eigenvalue weighted by Gasteiger charge is -2.18. The van der Waals surface area contributed by atoms with E-state index in [0.717, 1.165) is 72.1 Å². The molecule has 314 valence electrons. The predicted molar refractivity (Wildman–Crippen MR) is 287 cm³/mol. The summed E-state index contributed by atoms with van der Waals surface area (Å²) >= 11 is 0. The molecule has 0 saturated heterocycles. The molecule has 0 bridgehead atoms. The van der Waals surface area contributed by atoms with E-state index >= 15 is 0 Å². The van der Waals surface area contributed by atoms with Crippen molar-refractivity contribution >= 4 is 109 Å². The highest BCUT2D eigenvalue weighted by Gasteiger charge is 2.23. The Balaban J connectivity index is 1.05. The molecular weight excluding hydrogens is 825 g/mol. The minimum Gasteiger partial charge on any atom is -0.309 e. The Kier molecular flexibility index (Phi) is 7.75. The molecule has 0 saturated carbocycles. The van der Waals surface area contributed by atoms with Gasteiger partial charge in [0.25, 0.3) is 0 Å². The van der Waals surface area contributed by atoms with Crippen LogP contribution in [0.2, 0.25) is 0 Å². The zero-order valence-corrected chi connectivity index (χ0v) is 36.7.